The van der Waals surface area contributed by atoms with Gasteiger partial charge in [0.1, 0.15) is 0 Å². The monoisotopic (exact) mass is 225 g/mol. The molecule has 92 valence electrons. The van der Waals surface area contributed by atoms with Crippen LogP contribution in [0.15, 0.2) is 0 Å². The van der Waals surface area contributed by atoms with Crippen LogP contribution in [0.5, 0.6) is 0 Å². The van der Waals surface area contributed by atoms with E-state index in [9.17, 15) is 9.90 Å². The maximum absolute atomic E-state index is 11.9. The highest BCUT2D eigenvalue weighted by Crippen LogP contribution is 2.42. The molecule has 3 heteroatoms. The quantitative estimate of drug-likeness (QED) is 0.778. The van der Waals surface area contributed by atoms with Gasteiger partial charge in [0.05, 0.1) is 6.10 Å². The molecule has 2 aliphatic rings. The van der Waals surface area contributed by atoms with Crippen molar-refractivity contribution in [3.05, 3.63) is 0 Å². The molecule has 0 radical (unpaired) electrons. The molecule has 1 unspecified atom stereocenters. The van der Waals surface area contributed by atoms with E-state index in [4.69, 9.17) is 0 Å². The third kappa shape index (κ3) is 2.40. The van der Waals surface area contributed by atoms with E-state index in [1.165, 1.54) is 25.7 Å². The number of likely N-dealkylation sites (tertiary alicyclic amines) is 1. The van der Waals surface area contributed by atoms with Crippen LogP contribution in [0.3, 0.4) is 0 Å². The molecule has 2 rings (SSSR count). The van der Waals surface area contributed by atoms with E-state index in [1.54, 1.807) is 4.90 Å². The predicted octanol–water partition coefficient (Wildman–Crippen LogP) is 1.80. The fraction of sp³-hybridized carbons (Fsp3) is 0.923. The van der Waals surface area contributed by atoms with Crippen molar-refractivity contribution < 1.29 is 9.90 Å². The normalized spacial score (nSPS) is 29.9. The van der Waals surface area contributed by atoms with Crippen molar-refractivity contribution in [1.82, 2.24) is 4.90 Å². The third-order valence-electron chi connectivity index (χ3n) is 4.36. The molecule has 1 aliphatic carbocycles. The van der Waals surface area contributed by atoms with Gasteiger partial charge in [-0.3, -0.25) is 4.79 Å². The van der Waals surface area contributed by atoms with Crippen LogP contribution in [0.4, 0.5) is 0 Å². The smallest absolute Gasteiger partial charge is 0.223 e. The molecule has 1 heterocycles. The van der Waals surface area contributed by atoms with E-state index in [-0.39, 0.29) is 12.0 Å². The number of hydrogen-bond acceptors (Lipinski definition) is 2. The summed E-state index contributed by atoms with van der Waals surface area (Å²) in [6.45, 7) is 5.67. The van der Waals surface area contributed by atoms with Gasteiger partial charge in [-0.15, -0.1) is 0 Å². The lowest BCUT2D eigenvalue weighted by molar-refractivity contribution is -0.143. The minimum absolute atomic E-state index is 0.241. The van der Waals surface area contributed by atoms with Crippen LogP contribution in [0.1, 0.15) is 46.0 Å². The van der Waals surface area contributed by atoms with E-state index in [0.29, 0.717) is 30.8 Å². The molecular weight excluding hydrogens is 202 g/mol. The Morgan fingerprint density at radius 2 is 2.06 bits per heavy atom. The summed E-state index contributed by atoms with van der Waals surface area (Å²) >= 11 is 0. The molecule has 1 saturated carbocycles. The first-order valence-corrected chi connectivity index (χ1v) is 6.45. The molecule has 0 aromatic heterocycles. The second kappa shape index (κ2) is 4.36. The fourth-order valence-corrected chi connectivity index (χ4v) is 2.94. The number of nitrogens with zero attached hydrogens (tertiary/aromatic N) is 1. The Morgan fingerprint density at radius 1 is 1.38 bits per heavy atom. The molecule has 1 N–H and O–H groups in total. The summed E-state index contributed by atoms with van der Waals surface area (Å²) in [5.74, 6) is 0.775. The summed E-state index contributed by atoms with van der Waals surface area (Å²) in [7, 11) is 0. The zero-order valence-corrected chi connectivity index (χ0v) is 10.4. The molecule has 0 aromatic carbocycles. The molecule has 16 heavy (non-hydrogen) atoms. The SMILES string of the molecule is CC1(C)CCCCC1CC(=O)N1CC(O)C1. The molecule has 3 nitrogen and oxygen atoms in total. The van der Waals surface area contributed by atoms with Crippen LogP contribution < -0.4 is 0 Å². The zero-order chi connectivity index (χ0) is 11.8. The molecule has 2 fully saturated rings. The molecule has 1 atom stereocenters. The van der Waals surface area contributed by atoms with E-state index in [2.05, 4.69) is 13.8 Å². The first-order chi connectivity index (χ1) is 7.49. The summed E-state index contributed by atoms with van der Waals surface area (Å²) in [6, 6.07) is 0. The lowest BCUT2D eigenvalue weighted by Crippen LogP contribution is -2.54. The number of β-amino-alcohol motifs (C(OH)–C–C–N with tert-alkyl or cyclic N) is 1. The number of hydrogen-bond donors (Lipinski definition) is 1. The van der Waals surface area contributed by atoms with Crippen molar-refractivity contribution in [1.29, 1.82) is 0 Å². The molecule has 1 amide bonds. The standard InChI is InChI=1S/C13H23NO2/c1-13(2)6-4-3-5-10(13)7-12(16)14-8-11(15)9-14/h10-11,15H,3-9H2,1-2H3. The molecule has 0 spiro atoms. The number of carbonyl (C=O) groups is 1. The average molecular weight is 225 g/mol. The van der Waals surface area contributed by atoms with Crippen molar-refractivity contribution in [3.8, 4) is 0 Å². The summed E-state index contributed by atoms with van der Waals surface area (Å²) in [6.07, 6.45) is 5.41. The lowest BCUT2D eigenvalue weighted by atomic mass is 9.67. The summed E-state index contributed by atoms with van der Waals surface area (Å²) in [5, 5.41) is 9.18. The maximum Gasteiger partial charge on any atom is 0.223 e. The zero-order valence-electron chi connectivity index (χ0n) is 10.4. The highest BCUT2D eigenvalue weighted by molar-refractivity contribution is 5.77. The van der Waals surface area contributed by atoms with E-state index in [0.717, 1.165) is 0 Å². The van der Waals surface area contributed by atoms with Gasteiger partial charge in [0.25, 0.3) is 0 Å². The van der Waals surface area contributed by atoms with Crippen LogP contribution in [0.2, 0.25) is 0 Å². The second-order valence-corrected chi connectivity index (χ2v) is 6.09. The second-order valence-electron chi connectivity index (χ2n) is 6.09. The van der Waals surface area contributed by atoms with Crippen molar-refractivity contribution in [3.63, 3.8) is 0 Å². The molecule has 0 bridgehead atoms. The first kappa shape index (κ1) is 11.9. The highest BCUT2D eigenvalue weighted by atomic mass is 16.3. The number of aliphatic hydroxyl groups excluding tert-OH is 1. The summed E-state index contributed by atoms with van der Waals surface area (Å²) in [5.41, 5.74) is 0.317. The maximum atomic E-state index is 11.9. The summed E-state index contributed by atoms with van der Waals surface area (Å²) < 4.78 is 0. The van der Waals surface area contributed by atoms with Crippen LogP contribution in [0, 0.1) is 11.3 Å². The van der Waals surface area contributed by atoms with Crippen LogP contribution in [-0.4, -0.2) is 35.1 Å². The van der Waals surface area contributed by atoms with Crippen molar-refractivity contribution in [2.45, 2.75) is 52.1 Å². The van der Waals surface area contributed by atoms with E-state index < -0.39 is 0 Å². The number of aliphatic hydroxyl groups is 1. The Bertz CT molecular complexity index is 269. The third-order valence-corrected chi connectivity index (χ3v) is 4.36. The molecule has 0 aromatic rings. The Balaban J connectivity index is 1.86. The van der Waals surface area contributed by atoms with Crippen molar-refractivity contribution in [2.24, 2.45) is 11.3 Å². The number of rotatable bonds is 2. The van der Waals surface area contributed by atoms with Crippen molar-refractivity contribution in [2.75, 3.05) is 13.1 Å². The summed E-state index contributed by atoms with van der Waals surface area (Å²) in [4.78, 5) is 13.7. The van der Waals surface area contributed by atoms with Crippen LogP contribution in [0.25, 0.3) is 0 Å². The van der Waals surface area contributed by atoms with Crippen LogP contribution in [-0.2, 0) is 4.79 Å². The number of amides is 1. The van der Waals surface area contributed by atoms with Gasteiger partial charge in [0.2, 0.25) is 5.91 Å². The Hall–Kier alpha value is -0.570. The Labute approximate surface area is 97.8 Å². The topological polar surface area (TPSA) is 40.5 Å². The lowest BCUT2D eigenvalue weighted by Gasteiger charge is -2.41. The van der Waals surface area contributed by atoms with Gasteiger partial charge in [0, 0.05) is 19.5 Å². The van der Waals surface area contributed by atoms with Gasteiger partial charge in [-0.1, -0.05) is 26.7 Å². The molecular formula is C13H23NO2. The Kier molecular flexibility index (Phi) is 3.24. The first-order valence-electron chi connectivity index (χ1n) is 6.45. The minimum atomic E-state index is -0.275. The molecule has 1 saturated heterocycles. The van der Waals surface area contributed by atoms with Gasteiger partial charge < -0.3 is 10.0 Å². The van der Waals surface area contributed by atoms with Gasteiger partial charge >= 0.3 is 0 Å². The van der Waals surface area contributed by atoms with E-state index >= 15 is 0 Å². The van der Waals surface area contributed by atoms with Gasteiger partial charge in [-0.2, -0.15) is 0 Å². The Morgan fingerprint density at radius 3 is 2.62 bits per heavy atom. The van der Waals surface area contributed by atoms with Crippen LogP contribution >= 0.6 is 0 Å². The molecule has 1 aliphatic heterocycles. The van der Waals surface area contributed by atoms with Gasteiger partial charge in [-0.05, 0) is 24.2 Å². The predicted molar refractivity (Wildman–Crippen MR) is 62.9 cm³/mol. The van der Waals surface area contributed by atoms with Crippen molar-refractivity contribution >= 4 is 5.91 Å². The fourth-order valence-electron chi connectivity index (χ4n) is 2.94. The van der Waals surface area contributed by atoms with Gasteiger partial charge in [-0.25, -0.2) is 0 Å². The van der Waals surface area contributed by atoms with E-state index in [1.807, 2.05) is 0 Å². The number of carbonyl (C=O) groups excluding carboxylic acids is 1. The van der Waals surface area contributed by atoms with Gasteiger partial charge in [0.15, 0.2) is 0 Å². The average Bonchev–Trinajstić information content (AvgIpc) is 2.16. The minimum Gasteiger partial charge on any atom is -0.389 e. The highest BCUT2D eigenvalue weighted by Gasteiger charge is 2.36. The largest absolute Gasteiger partial charge is 0.389 e.